The van der Waals surface area contributed by atoms with Crippen LogP contribution < -0.4 is 14.8 Å². The van der Waals surface area contributed by atoms with Crippen LogP contribution >= 0.6 is 22.9 Å². The van der Waals surface area contributed by atoms with Crippen molar-refractivity contribution in [3.63, 3.8) is 0 Å². The van der Waals surface area contributed by atoms with Gasteiger partial charge in [0.15, 0.2) is 16.6 Å². The van der Waals surface area contributed by atoms with Gasteiger partial charge >= 0.3 is 0 Å². The number of thiazole rings is 1. The monoisotopic (exact) mass is 433 g/mol. The molecule has 0 fully saturated rings. The standard InChI is InChI=1S/C19H16ClN3O5S/c1-3-28-17-9-15(23(25)26)13(8-16(17)27-2)18(24)22-19-21-14(10-29-19)11-4-6-12(20)7-5-11/h4-10H,3H2,1-2H3,(H,21,22,24). The third kappa shape index (κ3) is 4.64. The summed E-state index contributed by atoms with van der Waals surface area (Å²) in [5, 5.41) is 16.7. The van der Waals surface area contributed by atoms with E-state index in [9.17, 15) is 14.9 Å². The molecule has 2 aromatic carbocycles. The van der Waals surface area contributed by atoms with E-state index in [1.54, 1.807) is 24.4 Å². The summed E-state index contributed by atoms with van der Waals surface area (Å²) in [5.41, 5.74) is 0.945. The van der Waals surface area contributed by atoms with Crippen molar-refractivity contribution >= 4 is 39.7 Å². The predicted octanol–water partition coefficient (Wildman–Crippen LogP) is 5.03. The zero-order valence-corrected chi connectivity index (χ0v) is 17.0. The molecule has 3 aromatic rings. The number of halogens is 1. The largest absolute Gasteiger partial charge is 0.493 e. The van der Waals surface area contributed by atoms with Gasteiger partial charge in [0.1, 0.15) is 5.56 Å². The van der Waals surface area contributed by atoms with Crippen LogP contribution in [-0.2, 0) is 0 Å². The van der Waals surface area contributed by atoms with Gasteiger partial charge in [0, 0.05) is 22.0 Å². The Morgan fingerprint density at radius 1 is 1.28 bits per heavy atom. The lowest BCUT2D eigenvalue weighted by atomic mass is 10.1. The van der Waals surface area contributed by atoms with E-state index >= 15 is 0 Å². The molecule has 0 aliphatic heterocycles. The Morgan fingerprint density at radius 2 is 2.00 bits per heavy atom. The van der Waals surface area contributed by atoms with Crippen molar-refractivity contribution in [2.75, 3.05) is 19.0 Å². The lowest BCUT2D eigenvalue weighted by molar-refractivity contribution is -0.385. The van der Waals surface area contributed by atoms with E-state index in [0.717, 1.165) is 5.56 Å². The number of nitro groups is 1. The summed E-state index contributed by atoms with van der Waals surface area (Å²) in [6, 6.07) is 9.56. The van der Waals surface area contributed by atoms with Crippen molar-refractivity contribution < 1.29 is 19.2 Å². The number of anilines is 1. The van der Waals surface area contributed by atoms with Crippen molar-refractivity contribution in [1.82, 2.24) is 4.98 Å². The van der Waals surface area contributed by atoms with Crippen LogP contribution in [0, 0.1) is 10.1 Å². The van der Waals surface area contributed by atoms with Gasteiger partial charge in [-0.1, -0.05) is 23.7 Å². The number of nitrogens with one attached hydrogen (secondary N) is 1. The number of hydrogen-bond donors (Lipinski definition) is 1. The first-order chi connectivity index (χ1) is 13.9. The van der Waals surface area contributed by atoms with Gasteiger partial charge in [0.05, 0.1) is 30.4 Å². The second kappa shape index (κ2) is 8.89. The van der Waals surface area contributed by atoms with Crippen molar-refractivity contribution in [2.45, 2.75) is 6.92 Å². The van der Waals surface area contributed by atoms with Crippen LogP contribution in [-0.4, -0.2) is 29.5 Å². The van der Waals surface area contributed by atoms with Crippen LogP contribution in [0.25, 0.3) is 11.3 Å². The molecule has 0 unspecified atom stereocenters. The molecule has 8 nitrogen and oxygen atoms in total. The summed E-state index contributed by atoms with van der Waals surface area (Å²) in [4.78, 5) is 27.9. The molecule has 0 bridgehead atoms. The van der Waals surface area contributed by atoms with E-state index in [1.165, 1.54) is 30.6 Å². The van der Waals surface area contributed by atoms with Gasteiger partial charge in [0.2, 0.25) is 0 Å². The predicted molar refractivity (Wildman–Crippen MR) is 111 cm³/mol. The molecular weight excluding hydrogens is 418 g/mol. The molecule has 1 heterocycles. The van der Waals surface area contributed by atoms with Crippen LogP contribution in [0.4, 0.5) is 10.8 Å². The maximum atomic E-state index is 12.7. The lowest BCUT2D eigenvalue weighted by Crippen LogP contribution is -2.14. The number of hydrogen-bond acceptors (Lipinski definition) is 7. The number of ether oxygens (including phenoxy) is 2. The van der Waals surface area contributed by atoms with Crippen LogP contribution in [0.15, 0.2) is 41.8 Å². The van der Waals surface area contributed by atoms with Crippen molar-refractivity contribution in [3.05, 3.63) is 62.5 Å². The van der Waals surface area contributed by atoms with E-state index in [1.807, 2.05) is 12.1 Å². The van der Waals surface area contributed by atoms with Gasteiger partial charge in [-0.2, -0.15) is 0 Å². The number of nitro benzene ring substituents is 1. The van der Waals surface area contributed by atoms with Gasteiger partial charge in [-0.05, 0) is 19.1 Å². The first kappa shape index (κ1) is 20.6. The number of benzene rings is 2. The molecule has 1 N–H and O–H groups in total. The van der Waals surface area contributed by atoms with Gasteiger partial charge in [0.25, 0.3) is 11.6 Å². The Labute approximate surface area is 175 Å². The molecule has 0 aliphatic carbocycles. The highest BCUT2D eigenvalue weighted by molar-refractivity contribution is 7.14. The molecule has 3 rings (SSSR count). The normalized spacial score (nSPS) is 10.4. The highest BCUT2D eigenvalue weighted by Gasteiger charge is 2.25. The van der Waals surface area contributed by atoms with E-state index in [0.29, 0.717) is 22.5 Å². The van der Waals surface area contributed by atoms with Gasteiger partial charge in [-0.15, -0.1) is 11.3 Å². The summed E-state index contributed by atoms with van der Waals surface area (Å²) >= 11 is 7.09. The summed E-state index contributed by atoms with van der Waals surface area (Å²) < 4.78 is 10.5. The van der Waals surface area contributed by atoms with Crippen molar-refractivity contribution in [3.8, 4) is 22.8 Å². The Bertz CT molecular complexity index is 1050. The van der Waals surface area contributed by atoms with E-state index in [4.69, 9.17) is 21.1 Å². The highest BCUT2D eigenvalue weighted by Crippen LogP contribution is 2.35. The zero-order valence-electron chi connectivity index (χ0n) is 15.5. The minimum Gasteiger partial charge on any atom is -0.493 e. The van der Waals surface area contributed by atoms with Crippen LogP contribution in [0.1, 0.15) is 17.3 Å². The second-order valence-corrected chi connectivity index (χ2v) is 7.00. The summed E-state index contributed by atoms with van der Waals surface area (Å²) in [5.74, 6) is -0.254. The van der Waals surface area contributed by atoms with E-state index in [-0.39, 0.29) is 22.7 Å². The molecular formula is C19H16ClN3O5S. The third-order valence-corrected chi connectivity index (χ3v) is 4.90. The first-order valence-electron chi connectivity index (χ1n) is 8.45. The van der Waals surface area contributed by atoms with Crippen molar-refractivity contribution in [2.24, 2.45) is 0 Å². The van der Waals surface area contributed by atoms with E-state index in [2.05, 4.69) is 10.3 Å². The fourth-order valence-electron chi connectivity index (χ4n) is 2.56. The molecule has 0 atom stereocenters. The average molecular weight is 434 g/mol. The third-order valence-electron chi connectivity index (χ3n) is 3.89. The fourth-order valence-corrected chi connectivity index (χ4v) is 3.40. The summed E-state index contributed by atoms with van der Waals surface area (Å²) in [6.45, 7) is 2.04. The number of amides is 1. The molecule has 29 heavy (non-hydrogen) atoms. The maximum absolute atomic E-state index is 12.7. The average Bonchev–Trinajstić information content (AvgIpc) is 3.16. The molecule has 1 amide bonds. The van der Waals surface area contributed by atoms with E-state index < -0.39 is 10.8 Å². The number of carbonyl (C=O) groups excluding carboxylic acids is 1. The number of rotatable bonds is 7. The molecule has 1 aromatic heterocycles. The Morgan fingerprint density at radius 3 is 2.62 bits per heavy atom. The number of nitrogens with zero attached hydrogens (tertiary/aromatic N) is 2. The van der Waals surface area contributed by atoms with Crippen LogP contribution in [0.2, 0.25) is 5.02 Å². The molecule has 0 spiro atoms. The van der Waals surface area contributed by atoms with Gasteiger partial charge in [-0.3, -0.25) is 20.2 Å². The smallest absolute Gasteiger partial charge is 0.286 e. The molecule has 0 saturated heterocycles. The summed E-state index contributed by atoms with van der Waals surface area (Å²) in [7, 11) is 1.39. The molecule has 10 heteroatoms. The van der Waals surface area contributed by atoms with Crippen LogP contribution in [0.3, 0.4) is 0 Å². The highest BCUT2D eigenvalue weighted by atomic mass is 35.5. The Balaban J connectivity index is 1.89. The Hall–Kier alpha value is -3.17. The number of aromatic nitrogens is 1. The van der Waals surface area contributed by atoms with Crippen LogP contribution in [0.5, 0.6) is 11.5 Å². The quantitative estimate of drug-likeness (QED) is 0.414. The minimum atomic E-state index is -0.671. The van der Waals surface area contributed by atoms with Gasteiger partial charge < -0.3 is 9.47 Å². The topological polar surface area (TPSA) is 104 Å². The minimum absolute atomic E-state index is 0.154. The fraction of sp³-hybridized carbons (Fsp3) is 0.158. The van der Waals surface area contributed by atoms with Gasteiger partial charge in [-0.25, -0.2) is 4.98 Å². The SMILES string of the molecule is CCOc1cc([N+](=O)[O-])c(C(=O)Nc2nc(-c3ccc(Cl)cc3)cs2)cc1OC. The molecule has 0 saturated carbocycles. The summed E-state index contributed by atoms with van der Waals surface area (Å²) in [6.07, 6.45) is 0. The molecule has 150 valence electrons. The lowest BCUT2D eigenvalue weighted by Gasteiger charge is -2.11. The first-order valence-corrected chi connectivity index (χ1v) is 9.70. The zero-order chi connectivity index (χ0) is 21.0. The Kier molecular flexibility index (Phi) is 6.30. The van der Waals surface area contributed by atoms with Crippen molar-refractivity contribution in [1.29, 1.82) is 0 Å². The second-order valence-electron chi connectivity index (χ2n) is 5.71. The number of carbonyl (C=O) groups is 1. The number of methoxy groups -OCH3 is 1. The maximum Gasteiger partial charge on any atom is 0.286 e. The molecule has 0 radical (unpaired) electrons. The molecule has 0 aliphatic rings.